The summed E-state index contributed by atoms with van der Waals surface area (Å²) in [4.78, 5) is 28.0. The van der Waals surface area contributed by atoms with E-state index in [-0.39, 0.29) is 13.0 Å². The zero-order valence-corrected chi connectivity index (χ0v) is 10.1. The van der Waals surface area contributed by atoms with Crippen LogP contribution in [0.25, 0.3) is 6.08 Å². The number of carbonyl (C=O) groups is 2. The van der Waals surface area contributed by atoms with E-state index >= 15 is 0 Å². The smallest absolute Gasteiger partial charge is 0.326 e. The van der Waals surface area contributed by atoms with E-state index in [0.29, 0.717) is 0 Å². The highest BCUT2D eigenvalue weighted by atomic mass is 16.4. The van der Waals surface area contributed by atoms with Crippen molar-refractivity contribution >= 4 is 18.0 Å². The molecule has 1 aliphatic heterocycles. The molecule has 0 bridgehead atoms. The Labute approximate surface area is 110 Å². The molecule has 1 aliphatic rings. The topological polar surface area (TPSA) is 90.7 Å². The summed E-state index contributed by atoms with van der Waals surface area (Å²) in [7, 11) is 0. The van der Waals surface area contributed by atoms with Gasteiger partial charge in [0.25, 0.3) is 0 Å². The number of rotatable bonds is 3. The van der Waals surface area contributed by atoms with Crippen molar-refractivity contribution in [3.05, 3.63) is 36.2 Å². The molecular formula is C13H14N2O4. The molecule has 1 aromatic heterocycles. The number of amides is 1. The van der Waals surface area contributed by atoms with Gasteiger partial charge in [-0.25, -0.2) is 4.79 Å². The molecule has 2 N–H and O–H groups in total. The first-order chi connectivity index (χ1) is 9.08. The Morgan fingerprint density at radius 3 is 2.89 bits per heavy atom. The summed E-state index contributed by atoms with van der Waals surface area (Å²) in [5.74, 6) is -1.52. The Morgan fingerprint density at radius 2 is 2.26 bits per heavy atom. The second-order valence-corrected chi connectivity index (χ2v) is 4.35. The molecule has 0 aliphatic carbocycles. The summed E-state index contributed by atoms with van der Waals surface area (Å²) in [5, 5.41) is 18.5. The standard InChI is InChI=1S/C13H14N2O4/c16-10-6-11(13(18)19)15(8-10)12(17)4-3-9-2-1-5-14-7-9/h1-5,7,10-11,16H,6,8H2,(H,18,19)/b4-3+/t10?,11-/m0/s1. The molecule has 1 fully saturated rings. The maximum Gasteiger partial charge on any atom is 0.326 e. The fourth-order valence-electron chi connectivity index (χ4n) is 2.03. The van der Waals surface area contributed by atoms with Gasteiger partial charge in [-0.15, -0.1) is 0 Å². The molecular weight excluding hydrogens is 248 g/mol. The number of aliphatic hydroxyl groups excluding tert-OH is 1. The molecule has 2 heterocycles. The van der Waals surface area contributed by atoms with Crippen molar-refractivity contribution in [3.63, 3.8) is 0 Å². The van der Waals surface area contributed by atoms with Crippen LogP contribution in [0, 0.1) is 0 Å². The summed E-state index contributed by atoms with van der Waals surface area (Å²) >= 11 is 0. The lowest BCUT2D eigenvalue weighted by Crippen LogP contribution is -2.39. The van der Waals surface area contributed by atoms with Gasteiger partial charge in [0.2, 0.25) is 5.91 Å². The maximum absolute atomic E-state index is 11.9. The van der Waals surface area contributed by atoms with Crippen LogP contribution in [0.5, 0.6) is 0 Å². The third-order valence-corrected chi connectivity index (χ3v) is 2.95. The number of hydrogen-bond acceptors (Lipinski definition) is 4. The first-order valence-electron chi connectivity index (χ1n) is 5.87. The van der Waals surface area contributed by atoms with E-state index in [1.807, 2.05) is 0 Å². The summed E-state index contributed by atoms with van der Waals surface area (Å²) in [5.41, 5.74) is 0.752. The lowest BCUT2D eigenvalue weighted by atomic mass is 10.2. The van der Waals surface area contributed by atoms with E-state index < -0.39 is 24.0 Å². The monoisotopic (exact) mass is 262 g/mol. The molecule has 1 aromatic rings. The number of nitrogens with zero attached hydrogens (tertiary/aromatic N) is 2. The van der Waals surface area contributed by atoms with Gasteiger partial charge < -0.3 is 15.1 Å². The van der Waals surface area contributed by atoms with Crippen LogP contribution in [-0.4, -0.2) is 50.7 Å². The molecule has 0 spiro atoms. The number of pyridine rings is 1. The first kappa shape index (κ1) is 13.2. The van der Waals surface area contributed by atoms with Crippen molar-refractivity contribution < 1.29 is 19.8 Å². The third-order valence-electron chi connectivity index (χ3n) is 2.95. The molecule has 1 unspecified atom stereocenters. The number of hydrogen-bond donors (Lipinski definition) is 2. The molecule has 100 valence electrons. The minimum atomic E-state index is -1.10. The lowest BCUT2D eigenvalue weighted by Gasteiger charge is -2.19. The number of carbonyl (C=O) groups excluding carboxylic acids is 1. The van der Waals surface area contributed by atoms with Gasteiger partial charge in [0, 0.05) is 31.4 Å². The molecule has 0 aromatic carbocycles. The quantitative estimate of drug-likeness (QED) is 0.756. The van der Waals surface area contributed by atoms with E-state index in [4.69, 9.17) is 5.11 Å². The molecule has 2 atom stereocenters. The second kappa shape index (κ2) is 5.62. The van der Waals surface area contributed by atoms with Crippen molar-refractivity contribution in [3.8, 4) is 0 Å². The van der Waals surface area contributed by atoms with Crippen LogP contribution < -0.4 is 0 Å². The van der Waals surface area contributed by atoms with E-state index in [2.05, 4.69) is 4.98 Å². The van der Waals surface area contributed by atoms with Gasteiger partial charge in [0.1, 0.15) is 6.04 Å². The van der Waals surface area contributed by atoms with E-state index in [1.54, 1.807) is 30.6 Å². The van der Waals surface area contributed by atoms with Crippen LogP contribution in [0.15, 0.2) is 30.6 Å². The van der Waals surface area contributed by atoms with Gasteiger partial charge >= 0.3 is 5.97 Å². The molecule has 2 rings (SSSR count). The van der Waals surface area contributed by atoms with Gasteiger partial charge in [0.15, 0.2) is 0 Å². The van der Waals surface area contributed by atoms with E-state index in [1.165, 1.54) is 11.0 Å². The Hall–Kier alpha value is -2.21. The summed E-state index contributed by atoms with van der Waals surface area (Å²) in [6.07, 6.45) is 5.37. The van der Waals surface area contributed by atoms with Gasteiger partial charge in [-0.2, -0.15) is 0 Å². The summed E-state index contributed by atoms with van der Waals surface area (Å²) in [6, 6.07) is 2.56. The Kier molecular flexibility index (Phi) is 3.91. The Balaban J connectivity index is 2.07. The third kappa shape index (κ3) is 3.17. The lowest BCUT2D eigenvalue weighted by molar-refractivity contribution is -0.146. The van der Waals surface area contributed by atoms with E-state index in [0.717, 1.165) is 5.56 Å². The average Bonchev–Trinajstić information content (AvgIpc) is 2.79. The number of aliphatic carboxylic acids is 1. The zero-order valence-electron chi connectivity index (χ0n) is 10.1. The average molecular weight is 262 g/mol. The van der Waals surface area contributed by atoms with Crippen LogP contribution in [0.2, 0.25) is 0 Å². The minimum Gasteiger partial charge on any atom is -0.480 e. The number of β-amino-alcohol motifs (C(OH)–C–C–N with tert-alkyl or cyclic N) is 1. The van der Waals surface area contributed by atoms with Crippen molar-refractivity contribution in [1.29, 1.82) is 0 Å². The van der Waals surface area contributed by atoms with Gasteiger partial charge in [-0.3, -0.25) is 9.78 Å². The van der Waals surface area contributed by atoms with Crippen LogP contribution in [-0.2, 0) is 9.59 Å². The van der Waals surface area contributed by atoms with Gasteiger partial charge in [-0.1, -0.05) is 6.07 Å². The number of aromatic nitrogens is 1. The molecule has 0 saturated carbocycles. The number of carboxylic acid groups (broad SMARTS) is 1. The van der Waals surface area contributed by atoms with Crippen molar-refractivity contribution in [2.45, 2.75) is 18.6 Å². The van der Waals surface area contributed by atoms with Crippen LogP contribution in [0.1, 0.15) is 12.0 Å². The molecule has 6 nitrogen and oxygen atoms in total. The van der Waals surface area contributed by atoms with E-state index in [9.17, 15) is 14.7 Å². The predicted octanol–water partition coefficient (Wildman–Crippen LogP) is 0.141. The summed E-state index contributed by atoms with van der Waals surface area (Å²) < 4.78 is 0. The fraction of sp³-hybridized carbons (Fsp3) is 0.308. The highest BCUT2D eigenvalue weighted by Crippen LogP contribution is 2.18. The highest BCUT2D eigenvalue weighted by molar-refractivity contribution is 5.94. The van der Waals surface area contributed by atoms with Crippen molar-refractivity contribution in [2.75, 3.05) is 6.54 Å². The second-order valence-electron chi connectivity index (χ2n) is 4.35. The largest absolute Gasteiger partial charge is 0.480 e. The molecule has 1 saturated heterocycles. The first-order valence-corrected chi connectivity index (χ1v) is 5.87. The van der Waals surface area contributed by atoms with Crippen LogP contribution >= 0.6 is 0 Å². The molecule has 19 heavy (non-hydrogen) atoms. The Bertz CT molecular complexity index is 501. The molecule has 0 radical (unpaired) electrons. The van der Waals surface area contributed by atoms with Crippen LogP contribution in [0.4, 0.5) is 0 Å². The van der Waals surface area contributed by atoms with Crippen molar-refractivity contribution in [1.82, 2.24) is 9.88 Å². The number of aliphatic hydroxyl groups is 1. The number of likely N-dealkylation sites (tertiary alicyclic amines) is 1. The van der Waals surface area contributed by atoms with Crippen LogP contribution in [0.3, 0.4) is 0 Å². The molecule has 1 amide bonds. The fourth-order valence-corrected chi connectivity index (χ4v) is 2.03. The Morgan fingerprint density at radius 1 is 1.47 bits per heavy atom. The normalized spacial score (nSPS) is 22.9. The van der Waals surface area contributed by atoms with Crippen molar-refractivity contribution in [2.24, 2.45) is 0 Å². The minimum absolute atomic E-state index is 0.0488. The zero-order chi connectivity index (χ0) is 13.8. The maximum atomic E-state index is 11.9. The SMILES string of the molecule is O=C(O)[C@@H]1CC(O)CN1C(=O)/C=C/c1cccnc1. The van der Waals surface area contributed by atoms with Gasteiger partial charge in [0.05, 0.1) is 6.10 Å². The van der Waals surface area contributed by atoms with Gasteiger partial charge in [-0.05, 0) is 17.7 Å². The highest BCUT2D eigenvalue weighted by Gasteiger charge is 2.37. The molecule has 6 heteroatoms. The number of carboxylic acids is 1. The predicted molar refractivity (Wildman–Crippen MR) is 67.0 cm³/mol. The summed E-state index contributed by atoms with van der Waals surface area (Å²) in [6.45, 7) is 0.0488.